The number of hydrogen-bond acceptors (Lipinski definition) is 6. The average molecular weight is 435 g/mol. The van der Waals surface area contributed by atoms with Crippen molar-refractivity contribution in [3.63, 3.8) is 0 Å². The van der Waals surface area contributed by atoms with E-state index in [1.54, 1.807) is 0 Å². The molecule has 0 aliphatic carbocycles. The Labute approximate surface area is 173 Å². The highest BCUT2D eigenvalue weighted by Gasteiger charge is 2.61. The molecule has 0 aromatic heterocycles. The molecule has 2 rings (SSSR count). The van der Waals surface area contributed by atoms with Gasteiger partial charge in [0.15, 0.2) is 6.29 Å². The third-order valence-corrected chi connectivity index (χ3v) is 16.3. The van der Waals surface area contributed by atoms with Gasteiger partial charge in [-0.25, -0.2) is 0 Å². The molecule has 0 aromatic rings. The highest BCUT2D eigenvalue weighted by Crippen LogP contribution is 2.47. The first-order valence-corrected chi connectivity index (χ1v) is 14.8. The smallest absolute Gasteiger partial charge is 0.335 e. The summed E-state index contributed by atoms with van der Waals surface area (Å²) in [5, 5.41) is 10.9. The Hall–Kier alpha value is 0.194. The Morgan fingerprint density at radius 2 is 1.32 bits per heavy atom. The third kappa shape index (κ3) is 4.44. The Kier molecular flexibility index (Phi) is 7.98. The molecule has 6 nitrogen and oxygen atoms in total. The van der Waals surface area contributed by atoms with Crippen LogP contribution in [-0.2, 0) is 22.4 Å². The zero-order chi connectivity index (χ0) is 21.4. The van der Waals surface area contributed by atoms with Crippen molar-refractivity contribution in [3.8, 4) is 0 Å². The van der Waals surface area contributed by atoms with Gasteiger partial charge >= 0.3 is 17.1 Å². The van der Waals surface area contributed by atoms with Crippen molar-refractivity contribution in [2.45, 2.75) is 122 Å². The molecule has 0 aromatic carbocycles. The first kappa shape index (κ1) is 24.5. The van der Waals surface area contributed by atoms with Crippen LogP contribution in [0.25, 0.3) is 0 Å². The number of aliphatic hydroxyl groups excluding tert-OH is 1. The molecule has 2 heterocycles. The van der Waals surface area contributed by atoms with Gasteiger partial charge in [-0.05, 0) is 36.0 Å². The summed E-state index contributed by atoms with van der Waals surface area (Å²) in [4.78, 5) is 0. The van der Waals surface area contributed by atoms with E-state index in [4.69, 9.17) is 22.4 Å². The monoisotopic (exact) mass is 434 g/mol. The van der Waals surface area contributed by atoms with Gasteiger partial charge < -0.3 is 27.5 Å². The van der Waals surface area contributed by atoms with Crippen molar-refractivity contribution < 1.29 is 27.5 Å². The molecule has 166 valence electrons. The van der Waals surface area contributed by atoms with Crippen LogP contribution in [0, 0.1) is 0 Å². The van der Waals surface area contributed by atoms with Crippen LogP contribution in [0.4, 0.5) is 0 Å². The molecule has 2 fully saturated rings. The topological polar surface area (TPSA) is 66.4 Å². The Bertz CT molecular complexity index is 495. The standard InChI is InChI=1S/C20H42O6Si2/c1-12(2)23-20-18(21)19-17(24-20)11-22-27(13(3)4,14(5)6)26-28(25-19,15(7)8)16(9)10/h12-21H,11H2,1-10H3/t17-,18-,19-,20-/m1/s1. The van der Waals surface area contributed by atoms with Crippen molar-refractivity contribution in [2.75, 3.05) is 6.61 Å². The number of fused-ring (bicyclic) bond motifs is 1. The second kappa shape index (κ2) is 9.13. The molecule has 0 bridgehead atoms. The first-order chi connectivity index (χ1) is 12.9. The fraction of sp³-hybridized carbons (Fsp3) is 1.00. The van der Waals surface area contributed by atoms with E-state index in [9.17, 15) is 5.11 Å². The minimum Gasteiger partial charge on any atom is -0.414 e. The maximum Gasteiger partial charge on any atom is 0.335 e. The molecular formula is C20H42O6Si2. The van der Waals surface area contributed by atoms with Crippen molar-refractivity contribution in [2.24, 2.45) is 0 Å². The predicted molar refractivity (Wildman–Crippen MR) is 115 cm³/mol. The molecule has 8 heteroatoms. The Morgan fingerprint density at radius 1 is 0.821 bits per heavy atom. The minimum atomic E-state index is -2.74. The van der Waals surface area contributed by atoms with Gasteiger partial charge in [-0.1, -0.05) is 55.4 Å². The van der Waals surface area contributed by atoms with Gasteiger partial charge in [-0.15, -0.1) is 0 Å². The van der Waals surface area contributed by atoms with Crippen LogP contribution in [0.3, 0.4) is 0 Å². The SMILES string of the molecule is CC(C)O[C@@H]1O[C@@H]2CO[Si](C(C)C)(C(C)C)O[Si](C(C)C)(C(C)C)O[C@H]2[C@H]1O. The van der Waals surface area contributed by atoms with E-state index in [-0.39, 0.29) is 34.4 Å². The fourth-order valence-electron chi connectivity index (χ4n) is 4.50. The second-order valence-corrected chi connectivity index (χ2v) is 18.6. The maximum atomic E-state index is 10.9. The highest BCUT2D eigenvalue weighted by molar-refractivity contribution is 6.83. The Balaban J connectivity index is 2.49. The number of hydrogen-bond donors (Lipinski definition) is 1. The molecule has 1 N–H and O–H groups in total. The summed E-state index contributed by atoms with van der Waals surface area (Å²) < 4.78 is 32.5. The Morgan fingerprint density at radius 3 is 1.75 bits per heavy atom. The summed E-state index contributed by atoms with van der Waals surface area (Å²) in [6.45, 7) is 21.7. The molecule has 2 aliphatic rings. The lowest BCUT2D eigenvalue weighted by molar-refractivity contribution is -0.186. The minimum absolute atomic E-state index is 0.0432. The highest BCUT2D eigenvalue weighted by atomic mass is 28.5. The van der Waals surface area contributed by atoms with Crippen LogP contribution >= 0.6 is 0 Å². The lowest BCUT2D eigenvalue weighted by Gasteiger charge is -2.51. The maximum absolute atomic E-state index is 10.9. The zero-order valence-electron chi connectivity index (χ0n) is 19.4. The van der Waals surface area contributed by atoms with Crippen molar-refractivity contribution in [3.05, 3.63) is 0 Å². The summed E-state index contributed by atoms with van der Waals surface area (Å²) >= 11 is 0. The molecule has 0 amide bonds. The normalized spacial score (nSPS) is 33.0. The van der Waals surface area contributed by atoms with E-state index in [0.717, 1.165) is 0 Å². The van der Waals surface area contributed by atoms with Crippen LogP contribution in [0.15, 0.2) is 0 Å². The summed E-state index contributed by atoms with van der Waals surface area (Å²) in [7, 11) is -5.32. The van der Waals surface area contributed by atoms with E-state index in [0.29, 0.717) is 6.61 Å². The van der Waals surface area contributed by atoms with Crippen LogP contribution in [0.2, 0.25) is 22.2 Å². The number of aliphatic hydroxyl groups is 1. The summed E-state index contributed by atoms with van der Waals surface area (Å²) in [6.07, 6.45) is -2.44. The number of rotatable bonds is 6. The lowest BCUT2D eigenvalue weighted by Crippen LogP contribution is -2.65. The van der Waals surface area contributed by atoms with Gasteiger partial charge in [-0.3, -0.25) is 0 Å². The first-order valence-electron chi connectivity index (χ1n) is 10.9. The number of ether oxygens (including phenoxy) is 2. The second-order valence-electron chi connectivity index (χ2n) is 9.78. The third-order valence-electron chi connectivity index (χ3n) is 6.03. The van der Waals surface area contributed by atoms with Crippen molar-refractivity contribution >= 4 is 17.1 Å². The molecule has 0 radical (unpaired) electrons. The molecule has 28 heavy (non-hydrogen) atoms. The van der Waals surface area contributed by atoms with Gasteiger partial charge in [0.05, 0.1) is 12.7 Å². The van der Waals surface area contributed by atoms with Crippen LogP contribution in [-0.4, -0.2) is 59.5 Å². The van der Waals surface area contributed by atoms with Crippen molar-refractivity contribution in [1.29, 1.82) is 0 Å². The van der Waals surface area contributed by atoms with Gasteiger partial charge in [0, 0.05) is 0 Å². The molecule has 0 spiro atoms. The summed E-state index contributed by atoms with van der Waals surface area (Å²) in [5.74, 6) is 0. The molecule has 4 atom stereocenters. The molecule has 2 saturated heterocycles. The van der Waals surface area contributed by atoms with Crippen molar-refractivity contribution in [1.82, 2.24) is 0 Å². The van der Waals surface area contributed by atoms with Gasteiger partial charge in [-0.2, -0.15) is 0 Å². The van der Waals surface area contributed by atoms with E-state index >= 15 is 0 Å². The molecule has 0 unspecified atom stereocenters. The molecule has 0 saturated carbocycles. The van der Waals surface area contributed by atoms with Crippen LogP contribution < -0.4 is 0 Å². The van der Waals surface area contributed by atoms with Crippen LogP contribution in [0.5, 0.6) is 0 Å². The fourth-order valence-corrected chi connectivity index (χ4v) is 15.7. The van der Waals surface area contributed by atoms with E-state index in [1.165, 1.54) is 0 Å². The van der Waals surface area contributed by atoms with E-state index < -0.39 is 35.6 Å². The zero-order valence-corrected chi connectivity index (χ0v) is 21.4. The summed E-state index contributed by atoms with van der Waals surface area (Å²) in [6, 6.07) is 0. The largest absolute Gasteiger partial charge is 0.414 e. The lowest BCUT2D eigenvalue weighted by atomic mass is 10.1. The van der Waals surface area contributed by atoms with E-state index in [1.807, 2.05) is 13.8 Å². The quantitative estimate of drug-likeness (QED) is 0.623. The van der Waals surface area contributed by atoms with Gasteiger partial charge in [0.1, 0.15) is 18.3 Å². The molecular weight excluding hydrogens is 392 g/mol. The molecule has 2 aliphatic heterocycles. The summed E-state index contributed by atoms with van der Waals surface area (Å²) in [5.41, 5.74) is 1.00. The van der Waals surface area contributed by atoms with E-state index in [2.05, 4.69) is 55.4 Å². The predicted octanol–water partition coefficient (Wildman–Crippen LogP) is 4.45. The average Bonchev–Trinajstić information content (AvgIpc) is 2.81. The van der Waals surface area contributed by atoms with Gasteiger partial charge in [0.25, 0.3) is 0 Å². The van der Waals surface area contributed by atoms with Crippen LogP contribution in [0.1, 0.15) is 69.2 Å². The van der Waals surface area contributed by atoms with Gasteiger partial charge in [0.2, 0.25) is 0 Å².